The van der Waals surface area contributed by atoms with Crippen LogP contribution in [0.2, 0.25) is 0 Å². The number of rotatable bonds is 5. The third kappa shape index (κ3) is 4.49. The fourth-order valence-electron chi connectivity index (χ4n) is 2.66. The number of carbonyl (C=O) groups excluding carboxylic acids is 1. The Morgan fingerprint density at radius 1 is 1.15 bits per heavy atom. The molecule has 26 heavy (non-hydrogen) atoms. The van der Waals surface area contributed by atoms with Gasteiger partial charge in [-0.1, -0.05) is 12.1 Å². The molecule has 0 radical (unpaired) electrons. The van der Waals surface area contributed by atoms with Crippen LogP contribution in [0.15, 0.2) is 47.4 Å². The van der Waals surface area contributed by atoms with Gasteiger partial charge in [-0.2, -0.15) is 0 Å². The molecule has 3 rings (SSSR count). The molecule has 6 heteroatoms. The van der Waals surface area contributed by atoms with E-state index in [2.05, 4.69) is 0 Å². The van der Waals surface area contributed by atoms with Crippen molar-refractivity contribution in [2.75, 3.05) is 26.0 Å². The largest absolute Gasteiger partial charge is 0.490 e. The molecular formula is C20H22FNO3S. The van der Waals surface area contributed by atoms with Gasteiger partial charge >= 0.3 is 0 Å². The van der Waals surface area contributed by atoms with Crippen molar-refractivity contribution in [3.8, 4) is 11.5 Å². The first kappa shape index (κ1) is 18.6. The van der Waals surface area contributed by atoms with Crippen LogP contribution in [0, 0.1) is 5.82 Å². The summed E-state index contributed by atoms with van der Waals surface area (Å²) in [5.74, 6) is 1.54. The second kappa shape index (κ2) is 8.45. The number of thioether (sulfide) groups is 1. The molecule has 0 saturated heterocycles. The van der Waals surface area contributed by atoms with Gasteiger partial charge in [0.1, 0.15) is 5.82 Å². The van der Waals surface area contributed by atoms with Gasteiger partial charge in [-0.25, -0.2) is 4.39 Å². The summed E-state index contributed by atoms with van der Waals surface area (Å²) in [6.07, 6.45) is 0.863. The lowest BCUT2D eigenvalue weighted by atomic mass is 10.1. The van der Waals surface area contributed by atoms with Crippen molar-refractivity contribution in [3.63, 3.8) is 0 Å². The summed E-state index contributed by atoms with van der Waals surface area (Å²) < 4.78 is 24.4. The smallest absolute Gasteiger partial charge is 0.233 e. The lowest BCUT2D eigenvalue weighted by Crippen LogP contribution is -2.31. The Morgan fingerprint density at radius 2 is 1.85 bits per heavy atom. The summed E-state index contributed by atoms with van der Waals surface area (Å²) in [4.78, 5) is 15.2. The highest BCUT2D eigenvalue weighted by Gasteiger charge is 2.18. The number of hydrogen-bond donors (Lipinski definition) is 0. The van der Waals surface area contributed by atoms with E-state index in [-0.39, 0.29) is 17.8 Å². The molecule has 0 aliphatic carbocycles. The average molecular weight is 375 g/mol. The van der Waals surface area contributed by atoms with Crippen LogP contribution in [0.4, 0.5) is 4.39 Å². The molecule has 0 spiro atoms. The lowest BCUT2D eigenvalue weighted by Gasteiger charge is -2.25. The van der Waals surface area contributed by atoms with Crippen LogP contribution in [-0.2, 0) is 4.79 Å². The van der Waals surface area contributed by atoms with Gasteiger partial charge in [-0.15, -0.1) is 11.8 Å². The first-order valence-electron chi connectivity index (χ1n) is 8.58. The summed E-state index contributed by atoms with van der Waals surface area (Å²) >= 11 is 1.46. The second-order valence-corrected chi connectivity index (χ2v) is 7.23. The van der Waals surface area contributed by atoms with Crippen molar-refractivity contribution < 1.29 is 18.7 Å². The quantitative estimate of drug-likeness (QED) is 0.731. The van der Waals surface area contributed by atoms with Crippen LogP contribution in [0.25, 0.3) is 0 Å². The van der Waals surface area contributed by atoms with E-state index in [0.717, 1.165) is 28.4 Å². The molecule has 0 bridgehead atoms. The van der Waals surface area contributed by atoms with E-state index in [4.69, 9.17) is 9.47 Å². The molecule has 1 unspecified atom stereocenters. The number of carbonyl (C=O) groups is 1. The molecule has 0 N–H and O–H groups in total. The highest BCUT2D eigenvalue weighted by Crippen LogP contribution is 2.34. The maximum Gasteiger partial charge on any atom is 0.233 e. The molecule has 0 fully saturated rings. The third-order valence-corrected chi connectivity index (χ3v) is 5.39. The summed E-state index contributed by atoms with van der Waals surface area (Å²) in [6.45, 7) is 3.23. The molecule has 1 amide bonds. The molecule has 0 aromatic heterocycles. The maximum absolute atomic E-state index is 13.1. The van der Waals surface area contributed by atoms with Crippen molar-refractivity contribution in [1.82, 2.24) is 4.90 Å². The van der Waals surface area contributed by atoms with Crippen molar-refractivity contribution >= 4 is 17.7 Å². The van der Waals surface area contributed by atoms with Gasteiger partial charge in [0.05, 0.1) is 25.0 Å². The normalized spacial score (nSPS) is 14.4. The molecule has 1 aliphatic heterocycles. The first-order valence-corrected chi connectivity index (χ1v) is 9.57. The topological polar surface area (TPSA) is 38.8 Å². The van der Waals surface area contributed by atoms with Crippen molar-refractivity contribution in [1.29, 1.82) is 0 Å². The van der Waals surface area contributed by atoms with Crippen molar-refractivity contribution in [2.45, 2.75) is 24.3 Å². The van der Waals surface area contributed by atoms with E-state index in [1.165, 1.54) is 23.9 Å². The molecule has 1 atom stereocenters. The van der Waals surface area contributed by atoms with Gasteiger partial charge in [-0.05, 0) is 42.8 Å². The van der Waals surface area contributed by atoms with E-state index in [9.17, 15) is 9.18 Å². The molecule has 138 valence electrons. The van der Waals surface area contributed by atoms with Crippen LogP contribution in [0.1, 0.15) is 24.9 Å². The minimum atomic E-state index is -0.278. The molecule has 0 saturated carbocycles. The summed E-state index contributed by atoms with van der Waals surface area (Å²) in [5, 5.41) is 0. The third-order valence-electron chi connectivity index (χ3n) is 4.41. The molecule has 4 nitrogen and oxygen atoms in total. The zero-order chi connectivity index (χ0) is 18.5. The van der Waals surface area contributed by atoms with Crippen LogP contribution >= 0.6 is 11.8 Å². The number of hydrogen-bond acceptors (Lipinski definition) is 4. The van der Waals surface area contributed by atoms with E-state index in [0.29, 0.717) is 19.0 Å². The maximum atomic E-state index is 13.1. The zero-order valence-corrected chi connectivity index (χ0v) is 15.7. The molecule has 1 heterocycles. The Balaban J connectivity index is 1.59. The fraction of sp³-hybridized carbons (Fsp3) is 0.350. The Hall–Kier alpha value is -2.21. The van der Waals surface area contributed by atoms with E-state index in [1.807, 2.05) is 25.1 Å². The van der Waals surface area contributed by atoms with E-state index < -0.39 is 0 Å². The highest BCUT2D eigenvalue weighted by atomic mass is 32.2. The predicted molar refractivity (Wildman–Crippen MR) is 100 cm³/mol. The van der Waals surface area contributed by atoms with Gasteiger partial charge in [0.2, 0.25) is 5.91 Å². The Kier molecular flexibility index (Phi) is 6.04. The van der Waals surface area contributed by atoms with Crippen molar-refractivity contribution in [2.24, 2.45) is 0 Å². The number of halogens is 1. The Morgan fingerprint density at radius 3 is 2.58 bits per heavy atom. The Bertz CT molecular complexity index is 766. The summed E-state index contributed by atoms with van der Waals surface area (Å²) in [5.41, 5.74) is 0.905. The average Bonchev–Trinajstić information content (AvgIpc) is 2.90. The predicted octanol–water partition coefficient (Wildman–Crippen LogP) is 4.30. The SMILES string of the molecule is CC(c1ccc(F)cc1)N(C)C(=O)CSc1ccc2c(c1)OCCCO2. The van der Waals surface area contributed by atoms with Crippen LogP contribution in [0.3, 0.4) is 0 Å². The van der Waals surface area contributed by atoms with Gasteiger partial charge in [0, 0.05) is 18.4 Å². The molecular weight excluding hydrogens is 353 g/mol. The molecule has 2 aromatic rings. The second-order valence-electron chi connectivity index (χ2n) is 6.18. The minimum absolute atomic E-state index is 0.0129. The number of ether oxygens (including phenoxy) is 2. The van der Waals surface area contributed by atoms with Crippen LogP contribution < -0.4 is 9.47 Å². The highest BCUT2D eigenvalue weighted by molar-refractivity contribution is 8.00. The van der Waals surface area contributed by atoms with Gasteiger partial charge < -0.3 is 14.4 Å². The van der Waals surface area contributed by atoms with Crippen LogP contribution in [0.5, 0.6) is 11.5 Å². The number of fused-ring (bicyclic) bond motifs is 1. The molecule has 1 aliphatic rings. The van der Waals surface area contributed by atoms with Gasteiger partial charge in [-0.3, -0.25) is 4.79 Å². The number of benzene rings is 2. The standard InChI is InChI=1S/C20H22FNO3S/c1-14(15-4-6-16(21)7-5-15)22(2)20(23)13-26-17-8-9-18-19(12-17)25-11-3-10-24-18/h4-9,12,14H,3,10-11,13H2,1-2H3. The van der Waals surface area contributed by atoms with E-state index in [1.54, 1.807) is 24.1 Å². The lowest BCUT2D eigenvalue weighted by molar-refractivity contribution is -0.128. The fourth-order valence-corrected chi connectivity index (χ4v) is 3.51. The summed E-state index contributed by atoms with van der Waals surface area (Å²) in [6, 6.07) is 11.9. The number of amides is 1. The zero-order valence-electron chi connectivity index (χ0n) is 14.9. The van der Waals surface area contributed by atoms with Gasteiger partial charge in [0.15, 0.2) is 11.5 Å². The molecule has 2 aromatic carbocycles. The Labute approximate surface area is 157 Å². The van der Waals surface area contributed by atoms with Crippen LogP contribution in [-0.4, -0.2) is 36.8 Å². The van der Waals surface area contributed by atoms with Crippen molar-refractivity contribution in [3.05, 3.63) is 53.8 Å². The minimum Gasteiger partial charge on any atom is -0.490 e. The monoisotopic (exact) mass is 375 g/mol. The number of nitrogens with zero attached hydrogens (tertiary/aromatic N) is 1. The van der Waals surface area contributed by atoms with E-state index >= 15 is 0 Å². The summed E-state index contributed by atoms with van der Waals surface area (Å²) in [7, 11) is 1.77. The first-order chi connectivity index (χ1) is 12.5. The van der Waals surface area contributed by atoms with Gasteiger partial charge in [0.25, 0.3) is 0 Å².